The molecule has 12 nitrogen and oxygen atoms in total. The Morgan fingerprint density at radius 2 is 1.47 bits per heavy atom. The number of rotatable bonds is 9. The van der Waals surface area contributed by atoms with Crippen LogP contribution in [-0.4, -0.2) is 89.8 Å². The molecule has 3 saturated heterocycles. The van der Waals surface area contributed by atoms with Crippen molar-refractivity contribution >= 4 is 23.5 Å². The van der Waals surface area contributed by atoms with Crippen molar-refractivity contribution in [2.24, 2.45) is 5.92 Å². The molecule has 0 unspecified atom stereocenters. The van der Waals surface area contributed by atoms with Crippen LogP contribution in [0, 0.1) is 5.92 Å². The number of nitrogens with one attached hydrogen (secondary N) is 1. The minimum absolute atomic E-state index is 0.0125. The van der Waals surface area contributed by atoms with Gasteiger partial charge in [0, 0.05) is 44.0 Å². The fourth-order valence-electron chi connectivity index (χ4n) is 10.1. The third kappa shape index (κ3) is 6.12. The first-order valence-corrected chi connectivity index (χ1v) is 20.2. The lowest BCUT2D eigenvalue weighted by atomic mass is 9.65. The number of fused-ring (bicyclic) bond motifs is 4. The monoisotopic (exact) mass is 792 g/mol. The van der Waals surface area contributed by atoms with Gasteiger partial charge in [0.1, 0.15) is 29.9 Å². The highest BCUT2D eigenvalue weighted by molar-refractivity contribution is 6.12. The number of anilines is 1. The number of cyclic esters (lactones) is 1. The zero-order chi connectivity index (χ0) is 40.1. The molecule has 0 bridgehead atoms. The summed E-state index contributed by atoms with van der Waals surface area (Å²) in [5, 5.41) is 13.1. The van der Waals surface area contributed by atoms with Crippen molar-refractivity contribution in [1.29, 1.82) is 0 Å². The van der Waals surface area contributed by atoms with Gasteiger partial charge in [-0.1, -0.05) is 103 Å². The number of carbonyl (C=O) groups excluding carboxylic acids is 3. The molecule has 2 N–H and O–H groups in total. The Labute approximate surface area is 341 Å². The minimum atomic E-state index is -1.60. The van der Waals surface area contributed by atoms with Crippen LogP contribution in [0.3, 0.4) is 0 Å². The molecule has 10 rings (SSSR count). The van der Waals surface area contributed by atoms with Gasteiger partial charge in [-0.15, -0.1) is 0 Å². The van der Waals surface area contributed by atoms with Crippen LogP contribution in [0.25, 0.3) is 0 Å². The van der Waals surface area contributed by atoms with Crippen LogP contribution < -0.4 is 19.5 Å². The van der Waals surface area contributed by atoms with Crippen molar-refractivity contribution in [2.45, 2.75) is 36.2 Å². The lowest BCUT2D eigenvalue weighted by molar-refractivity contribution is -0.179. The van der Waals surface area contributed by atoms with Gasteiger partial charge in [0.25, 0.3) is 0 Å². The molecule has 12 heteroatoms. The summed E-state index contributed by atoms with van der Waals surface area (Å²) in [6, 6.07) is 37.7. The first kappa shape index (κ1) is 37.1. The topological polar surface area (TPSA) is 130 Å². The van der Waals surface area contributed by atoms with Gasteiger partial charge in [0.2, 0.25) is 18.6 Å². The Morgan fingerprint density at radius 1 is 0.780 bits per heavy atom. The number of morpholine rings is 1. The SMILES string of the molecule is O=C1O[C@H](c2ccccc2)[C@H](c2ccccc2)N2[C@H]1[C@@H](C(=O)N1CCN(Cc3ccc4c(c3)OCO4)CC1)[C@]1(C(=O)Nc3ccccc31)[C@H]2c1ccccc1OCCO. The fraction of sp³-hybridized carbons (Fsp3) is 0.298. The van der Waals surface area contributed by atoms with E-state index in [4.69, 9.17) is 18.9 Å². The molecule has 300 valence electrons. The summed E-state index contributed by atoms with van der Waals surface area (Å²) < 4.78 is 23.9. The van der Waals surface area contributed by atoms with Crippen LogP contribution >= 0.6 is 0 Å². The Balaban J connectivity index is 1.12. The van der Waals surface area contributed by atoms with E-state index in [1.54, 1.807) is 0 Å². The Bertz CT molecular complexity index is 2390. The van der Waals surface area contributed by atoms with Gasteiger partial charge in [0.15, 0.2) is 11.5 Å². The van der Waals surface area contributed by atoms with Gasteiger partial charge in [0.05, 0.1) is 24.6 Å². The number of ether oxygens (including phenoxy) is 4. The van der Waals surface area contributed by atoms with Crippen LogP contribution in [0.2, 0.25) is 0 Å². The summed E-state index contributed by atoms with van der Waals surface area (Å²) in [7, 11) is 0. The standard InChI is InChI=1S/C47H44N4O8/c52-25-26-56-36-18-10-7-15-33(36)43-47(34-16-8-9-17-35(34)48-46(47)55)39(44(53)50-23-21-49(22-24-50)28-30-19-20-37-38(27-30)58-29-57-37)41-45(54)59-42(32-13-5-2-6-14-32)40(51(41)43)31-11-3-1-4-12-31/h1-20,27,39-43,52H,21-26,28-29H2,(H,48,55)/t39-,40-,41-,42+,43+,47-/m0/s1. The summed E-state index contributed by atoms with van der Waals surface area (Å²) in [4.78, 5) is 52.4. The predicted molar refractivity (Wildman–Crippen MR) is 217 cm³/mol. The number of para-hydroxylation sites is 2. The maximum absolute atomic E-state index is 15.7. The smallest absolute Gasteiger partial charge is 0.324 e. The second-order valence-electron chi connectivity index (χ2n) is 15.7. The van der Waals surface area contributed by atoms with E-state index < -0.39 is 41.5 Å². The van der Waals surface area contributed by atoms with Gasteiger partial charge in [-0.3, -0.25) is 24.2 Å². The number of benzene rings is 5. The van der Waals surface area contributed by atoms with Crippen molar-refractivity contribution in [3.63, 3.8) is 0 Å². The van der Waals surface area contributed by atoms with Crippen molar-refractivity contribution in [1.82, 2.24) is 14.7 Å². The molecular formula is C47H44N4O8. The van der Waals surface area contributed by atoms with Crippen LogP contribution in [-0.2, 0) is 31.1 Å². The average Bonchev–Trinajstić information content (AvgIpc) is 3.96. The highest BCUT2D eigenvalue weighted by Gasteiger charge is 2.74. The molecule has 0 aliphatic carbocycles. The van der Waals surface area contributed by atoms with E-state index in [9.17, 15) is 5.11 Å². The summed E-state index contributed by atoms with van der Waals surface area (Å²) in [5.74, 6) is -0.500. The van der Waals surface area contributed by atoms with Crippen LogP contribution in [0.15, 0.2) is 127 Å². The number of amides is 2. The second kappa shape index (κ2) is 15.2. The van der Waals surface area contributed by atoms with Gasteiger partial charge in [-0.2, -0.15) is 0 Å². The van der Waals surface area contributed by atoms with E-state index in [0.717, 1.165) is 28.2 Å². The number of esters is 1. The lowest BCUT2D eigenvalue weighted by Gasteiger charge is -2.46. The maximum atomic E-state index is 15.7. The van der Waals surface area contributed by atoms with Crippen LogP contribution in [0.5, 0.6) is 17.2 Å². The van der Waals surface area contributed by atoms with Gasteiger partial charge >= 0.3 is 5.97 Å². The fourth-order valence-corrected chi connectivity index (χ4v) is 10.1. The Kier molecular flexibility index (Phi) is 9.55. The number of piperazine rings is 1. The molecule has 2 amide bonds. The van der Waals surface area contributed by atoms with Crippen LogP contribution in [0.4, 0.5) is 5.69 Å². The van der Waals surface area contributed by atoms with Crippen molar-refractivity contribution in [3.05, 3.63) is 155 Å². The third-order valence-corrected chi connectivity index (χ3v) is 12.6. The summed E-state index contributed by atoms with van der Waals surface area (Å²) in [5.41, 5.74) is 2.99. The van der Waals surface area contributed by atoms with Crippen molar-refractivity contribution in [2.75, 3.05) is 51.5 Å². The van der Waals surface area contributed by atoms with Crippen molar-refractivity contribution < 1.29 is 38.4 Å². The largest absolute Gasteiger partial charge is 0.491 e. The highest BCUT2D eigenvalue weighted by atomic mass is 16.7. The number of nitrogens with zero attached hydrogens (tertiary/aromatic N) is 3. The van der Waals surface area contributed by atoms with E-state index in [2.05, 4.69) is 15.1 Å². The van der Waals surface area contributed by atoms with Crippen molar-refractivity contribution in [3.8, 4) is 17.2 Å². The molecule has 0 saturated carbocycles. The Hall–Kier alpha value is -6.21. The highest BCUT2D eigenvalue weighted by Crippen LogP contribution is 2.65. The molecule has 5 aromatic carbocycles. The minimum Gasteiger partial charge on any atom is -0.491 e. The van der Waals surface area contributed by atoms with Gasteiger partial charge < -0.3 is 34.3 Å². The zero-order valence-corrected chi connectivity index (χ0v) is 32.3. The molecular weight excluding hydrogens is 749 g/mol. The maximum Gasteiger partial charge on any atom is 0.324 e. The molecule has 5 aromatic rings. The third-order valence-electron chi connectivity index (χ3n) is 12.6. The molecule has 5 aliphatic heterocycles. The molecule has 6 atom stereocenters. The van der Waals surface area contributed by atoms with Gasteiger partial charge in [-0.05, 0) is 46.5 Å². The van der Waals surface area contributed by atoms with Crippen LogP contribution in [0.1, 0.15) is 46.0 Å². The summed E-state index contributed by atoms with van der Waals surface area (Å²) in [6.07, 6.45) is -0.777. The van der Waals surface area contributed by atoms with E-state index in [-0.39, 0.29) is 31.8 Å². The number of aliphatic hydroxyl groups excluding tert-OH is 1. The quantitative estimate of drug-likeness (QED) is 0.187. The predicted octanol–water partition coefficient (Wildman–Crippen LogP) is 5.40. The molecule has 5 aliphatic rings. The summed E-state index contributed by atoms with van der Waals surface area (Å²) in [6.45, 7) is 2.63. The summed E-state index contributed by atoms with van der Waals surface area (Å²) >= 11 is 0. The van der Waals surface area contributed by atoms with E-state index in [1.165, 1.54) is 0 Å². The molecule has 59 heavy (non-hydrogen) atoms. The zero-order valence-electron chi connectivity index (χ0n) is 32.3. The first-order valence-electron chi connectivity index (χ1n) is 20.2. The van der Waals surface area contributed by atoms with E-state index in [0.29, 0.717) is 55.3 Å². The number of aliphatic hydroxyl groups is 1. The molecule has 1 spiro atoms. The molecule has 0 radical (unpaired) electrons. The normalized spacial score (nSPS) is 26.0. The molecule has 0 aromatic heterocycles. The molecule has 3 fully saturated rings. The molecule has 5 heterocycles. The number of hydrogen-bond donors (Lipinski definition) is 2. The number of carbonyl (C=O) groups is 3. The number of hydrogen-bond acceptors (Lipinski definition) is 10. The first-order chi connectivity index (χ1) is 29.0. The van der Waals surface area contributed by atoms with E-state index in [1.807, 2.05) is 132 Å². The second-order valence-corrected chi connectivity index (χ2v) is 15.7. The average molecular weight is 793 g/mol. The Morgan fingerprint density at radius 3 is 2.25 bits per heavy atom. The lowest BCUT2D eigenvalue weighted by Crippen LogP contribution is -2.58. The van der Waals surface area contributed by atoms with Gasteiger partial charge in [-0.25, -0.2) is 0 Å². The van der Waals surface area contributed by atoms with E-state index >= 15 is 14.4 Å².